The number of aromatic nitrogens is 2. The van der Waals surface area contributed by atoms with Gasteiger partial charge in [-0.25, -0.2) is 4.39 Å². The van der Waals surface area contributed by atoms with E-state index in [4.69, 9.17) is 0 Å². The SMILES string of the molecule is CCc1nn(C)cc1C(=O)c1ccc(F)c(C(F)(F)F)c1. The number of carbonyl (C=O) groups excluding carboxylic acids is 1. The largest absolute Gasteiger partial charge is 0.419 e. The molecule has 0 saturated heterocycles. The third-order valence-electron chi connectivity index (χ3n) is 3.02. The number of aryl methyl sites for hydroxylation is 2. The monoisotopic (exact) mass is 300 g/mol. The summed E-state index contributed by atoms with van der Waals surface area (Å²) in [5.41, 5.74) is -0.957. The van der Waals surface area contributed by atoms with Crippen molar-refractivity contribution >= 4 is 5.78 Å². The van der Waals surface area contributed by atoms with Crippen molar-refractivity contribution in [3.8, 4) is 0 Å². The lowest BCUT2D eigenvalue weighted by Crippen LogP contribution is -2.11. The van der Waals surface area contributed by atoms with E-state index in [9.17, 15) is 22.4 Å². The Balaban J connectivity index is 2.49. The van der Waals surface area contributed by atoms with Crippen molar-refractivity contribution in [2.75, 3.05) is 0 Å². The first-order chi connectivity index (χ1) is 9.74. The highest BCUT2D eigenvalue weighted by Crippen LogP contribution is 2.32. The number of alkyl halides is 3. The van der Waals surface area contributed by atoms with E-state index in [-0.39, 0.29) is 11.1 Å². The maximum atomic E-state index is 13.2. The van der Waals surface area contributed by atoms with Gasteiger partial charge in [-0.1, -0.05) is 6.92 Å². The number of hydrogen-bond acceptors (Lipinski definition) is 2. The van der Waals surface area contributed by atoms with Crippen LogP contribution in [0.5, 0.6) is 0 Å². The second kappa shape index (κ2) is 5.31. The molecule has 0 aliphatic rings. The molecule has 0 unspecified atom stereocenters. The molecular weight excluding hydrogens is 288 g/mol. The maximum absolute atomic E-state index is 13.2. The summed E-state index contributed by atoms with van der Waals surface area (Å²) in [4.78, 5) is 12.3. The van der Waals surface area contributed by atoms with E-state index >= 15 is 0 Å². The lowest BCUT2D eigenvalue weighted by atomic mass is 10.0. The van der Waals surface area contributed by atoms with E-state index in [2.05, 4.69) is 5.10 Å². The summed E-state index contributed by atoms with van der Waals surface area (Å²) in [6, 6.07) is 2.22. The van der Waals surface area contributed by atoms with Crippen LogP contribution in [0, 0.1) is 5.82 Å². The summed E-state index contributed by atoms with van der Waals surface area (Å²) in [5, 5.41) is 4.06. The van der Waals surface area contributed by atoms with E-state index < -0.39 is 23.3 Å². The predicted molar refractivity (Wildman–Crippen MR) is 67.4 cm³/mol. The van der Waals surface area contributed by atoms with Crippen LogP contribution in [0.3, 0.4) is 0 Å². The molecule has 7 heteroatoms. The van der Waals surface area contributed by atoms with Crippen molar-refractivity contribution in [3.63, 3.8) is 0 Å². The number of halogens is 4. The number of ketones is 1. The zero-order valence-corrected chi connectivity index (χ0v) is 11.3. The van der Waals surface area contributed by atoms with Gasteiger partial charge >= 0.3 is 6.18 Å². The van der Waals surface area contributed by atoms with Crippen LogP contribution in [0.4, 0.5) is 17.6 Å². The quantitative estimate of drug-likeness (QED) is 0.643. The van der Waals surface area contributed by atoms with E-state index in [0.29, 0.717) is 24.2 Å². The van der Waals surface area contributed by atoms with Crippen molar-refractivity contribution in [1.82, 2.24) is 9.78 Å². The smallest absolute Gasteiger partial charge is 0.288 e. The van der Waals surface area contributed by atoms with Crippen molar-refractivity contribution in [2.24, 2.45) is 7.05 Å². The third-order valence-corrected chi connectivity index (χ3v) is 3.02. The Hall–Kier alpha value is -2.18. The molecule has 2 aromatic rings. The average Bonchev–Trinajstić information content (AvgIpc) is 2.78. The van der Waals surface area contributed by atoms with Crippen LogP contribution in [0.25, 0.3) is 0 Å². The van der Waals surface area contributed by atoms with Gasteiger partial charge in [-0.05, 0) is 24.6 Å². The topological polar surface area (TPSA) is 34.9 Å². The summed E-state index contributed by atoms with van der Waals surface area (Å²) in [6.45, 7) is 1.78. The van der Waals surface area contributed by atoms with Crippen molar-refractivity contribution in [2.45, 2.75) is 19.5 Å². The highest BCUT2D eigenvalue weighted by Gasteiger charge is 2.35. The van der Waals surface area contributed by atoms with Gasteiger partial charge in [0.05, 0.1) is 16.8 Å². The first-order valence-electron chi connectivity index (χ1n) is 6.18. The Morgan fingerprint density at radius 3 is 2.57 bits per heavy atom. The minimum Gasteiger partial charge on any atom is -0.288 e. The zero-order valence-electron chi connectivity index (χ0n) is 11.3. The second-order valence-electron chi connectivity index (χ2n) is 4.54. The van der Waals surface area contributed by atoms with Crippen LogP contribution >= 0.6 is 0 Å². The van der Waals surface area contributed by atoms with E-state index in [1.54, 1.807) is 14.0 Å². The normalized spacial score (nSPS) is 11.7. The van der Waals surface area contributed by atoms with Gasteiger partial charge < -0.3 is 0 Å². The molecule has 0 aliphatic heterocycles. The molecular formula is C14H12F4N2O. The van der Waals surface area contributed by atoms with Gasteiger partial charge in [0.2, 0.25) is 0 Å². The van der Waals surface area contributed by atoms with Crippen LogP contribution in [-0.4, -0.2) is 15.6 Å². The average molecular weight is 300 g/mol. The molecule has 0 N–H and O–H groups in total. The van der Waals surface area contributed by atoms with Crippen LogP contribution in [0.1, 0.15) is 34.1 Å². The fourth-order valence-electron chi connectivity index (χ4n) is 2.02. The van der Waals surface area contributed by atoms with Gasteiger partial charge in [0.25, 0.3) is 0 Å². The molecule has 0 atom stereocenters. The summed E-state index contributed by atoms with van der Waals surface area (Å²) in [7, 11) is 1.61. The molecule has 2 rings (SSSR count). The van der Waals surface area contributed by atoms with Gasteiger partial charge in [0.15, 0.2) is 5.78 Å². The Morgan fingerprint density at radius 1 is 1.33 bits per heavy atom. The Morgan fingerprint density at radius 2 is 2.00 bits per heavy atom. The van der Waals surface area contributed by atoms with Gasteiger partial charge in [-0.3, -0.25) is 9.48 Å². The first kappa shape index (κ1) is 15.2. The fraction of sp³-hybridized carbons (Fsp3) is 0.286. The standard InChI is InChI=1S/C14H12F4N2O/c1-3-12-9(7-20(2)19-12)13(21)8-4-5-11(15)10(6-8)14(16,17)18/h4-7H,3H2,1-2H3. The molecule has 21 heavy (non-hydrogen) atoms. The Labute approximate surface area is 118 Å². The zero-order chi connectivity index (χ0) is 15.8. The molecule has 1 aromatic carbocycles. The predicted octanol–water partition coefficient (Wildman–Crippen LogP) is 3.37. The van der Waals surface area contributed by atoms with E-state index in [0.717, 1.165) is 6.07 Å². The number of hydrogen-bond donors (Lipinski definition) is 0. The minimum atomic E-state index is -4.84. The van der Waals surface area contributed by atoms with E-state index in [1.165, 1.54) is 10.9 Å². The van der Waals surface area contributed by atoms with Crippen LogP contribution < -0.4 is 0 Å². The Bertz CT molecular complexity index is 689. The third kappa shape index (κ3) is 2.96. The second-order valence-corrected chi connectivity index (χ2v) is 4.54. The van der Waals surface area contributed by atoms with Crippen LogP contribution in [0.2, 0.25) is 0 Å². The van der Waals surface area contributed by atoms with Gasteiger partial charge in [-0.2, -0.15) is 18.3 Å². The van der Waals surface area contributed by atoms with Gasteiger partial charge in [-0.15, -0.1) is 0 Å². The molecule has 112 valence electrons. The Kier molecular flexibility index (Phi) is 3.85. The summed E-state index contributed by atoms with van der Waals surface area (Å²) in [5.74, 6) is -2.01. The molecule has 0 radical (unpaired) electrons. The van der Waals surface area contributed by atoms with Crippen molar-refractivity contribution in [1.29, 1.82) is 0 Å². The molecule has 0 spiro atoms. The van der Waals surface area contributed by atoms with E-state index in [1.807, 2.05) is 0 Å². The van der Waals surface area contributed by atoms with Crippen LogP contribution in [0.15, 0.2) is 24.4 Å². The molecule has 0 fully saturated rings. The fourth-order valence-corrected chi connectivity index (χ4v) is 2.02. The molecule has 1 heterocycles. The summed E-state index contributed by atoms with van der Waals surface area (Å²) in [6.07, 6.45) is -2.93. The van der Waals surface area contributed by atoms with Gasteiger partial charge in [0.1, 0.15) is 5.82 Å². The summed E-state index contributed by atoms with van der Waals surface area (Å²) < 4.78 is 52.7. The first-order valence-corrected chi connectivity index (χ1v) is 6.18. The molecule has 0 aliphatic carbocycles. The molecule has 0 bridgehead atoms. The van der Waals surface area contributed by atoms with Crippen molar-refractivity contribution < 1.29 is 22.4 Å². The lowest BCUT2D eigenvalue weighted by molar-refractivity contribution is -0.140. The maximum Gasteiger partial charge on any atom is 0.419 e. The molecule has 1 aromatic heterocycles. The number of benzene rings is 1. The lowest BCUT2D eigenvalue weighted by Gasteiger charge is -2.09. The molecule has 3 nitrogen and oxygen atoms in total. The summed E-state index contributed by atoms with van der Waals surface area (Å²) >= 11 is 0. The number of rotatable bonds is 3. The van der Waals surface area contributed by atoms with Gasteiger partial charge in [0, 0.05) is 18.8 Å². The number of nitrogens with zero attached hydrogens (tertiary/aromatic N) is 2. The minimum absolute atomic E-state index is 0.216. The molecule has 0 saturated carbocycles. The van der Waals surface area contributed by atoms with Crippen LogP contribution in [-0.2, 0) is 19.6 Å². The number of carbonyl (C=O) groups is 1. The van der Waals surface area contributed by atoms with Crippen molar-refractivity contribution in [3.05, 3.63) is 52.6 Å². The highest BCUT2D eigenvalue weighted by atomic mass is 19.4. The molecule has 0 amide bonds. The highest BCUT2D eigenvalue weighted by molar-refractivity contribution is 6.09.